The molecule has 0 spiro atoms. The number of aromatic nitrogens is 1. The largest absolute Gasteiger partial charge is 0.478 e. The Morgan fingerprint density at radius 2 is 1.85 bits per heavy atom. The molecule has 0 saturated heterocycles. The molecule has 104 valence electrons. The summed E-state index contributed by atoms with van der Waals surface area (Å²) in [6, 6.07) is 5.04. The predicted molar refractivity (Wildman–Crippen MR) is 61.6 cm³/mol. The van der Waals surface area contributed by atoms with Gasteiger partial charge in [-0.25, -0.2) is 9.18 Å². The van der Waals surface area contributed by atoms with Gasteiger partial charge in [0, 0.05) is 5.56 Å². The van der Waals surface area contributed by atoms with Crippen molar-refractivity contribution < 1.29 is 27.5 Å². The molecule has 20 heavy (non-hydrogen) atoms. The number of aromatic carboxylic acids is 1. The van der Waals surface area contributed by atoms with Gasteiger partial charge in [0.2, 0.25) is 0 Å². The highest BCUT2D eigenvalue weighted by molar-refractivity contribution is 5.95. The topological polar surface area (TPSA) is 50.2 Å². The van der Waals surface area contributed by atoms with E-state index in [-0.39, 0.29) is 0 Å². The molecular formula is C13H7F4NO2. The van der Waals surface area contributed by atoms with Crippen LogP contribution in [-0.4, -0.2) is 16.1 Å². The van der Waals surface area contributed by atoms with Gasteiger partial charge in [-0.1, -0.05) is 18.2 Å². The van der Waals surface area contributed by atoms with Gasteiger partial charge >= 0.3 is 12.1 Å². The van der Waals surface area contributed by atoms with Gasteiger partial charge in [0.25, 0.3) is 0 Å². The summed E-state index contributed by atoms with van der Waals surface area (Å²) in [5.41, 5.74) is -2.48. The number of benzene rings is 1. The maximum Gasteiger partial charge on any atom is 0.417 e. The van der Waals surface area contributed by atoms with Crippen molar-refractivity contribution in [2.45, 2.75) is 6.18 Å². The summed E-state index contributed by atoms with van der Waals surface area (Å²) in [5.74, 6) is -2.49. The fourth-order valence-electron chi connectivity index (χ4n) is 1.75. The molecule has 0 bridgehead atoms. The number of hydrogen-bond donors (Lipinski definition) is 1. The van der Waals surface area contributed by atoms with Crippen molar-refractivity contribution in [3.63, 3.8) is 0 Å². The third-order valence-electron chi connectivity index (χ3n) is 2.57. The summed E-state index contributed by atoms with van der Waals surface area (Å²) in [6.45, 7) is 0. The second-order valence-electron chi connectivity index (χ2n) is 3.90. The van der Waals surface area contributed by atoms with Crippen molar-refractivity contribution in [1.82, 2.24) is 4.98 Å². The Morgan fingerprint density at radius 3 is 2.45 bits per heavy atom. The van der Waals surface area contributed by atoms with Crippen LogP contribution in [0.1, 0.15) is 15.9 Å². The molecule has 1 aromatic heterocycles. The van der Waals surface area contributed by atoms with Crippen LogP contribution in [0.2, 0.25) is 0 Å². The average molecular weight is 285 g/mol. The van der Waals surface area contributed by atoms with E-state index < -0.39 is 40.3 Å². The molecular weight excluding hydrogens is 278 g/mol. The molecule has 2 rings (SSSR count). The van der Waals surface area contributed by atoms with Crippen LogP contribution in [0, 0.1) is 5.82 Å². The zero-order valence-electron chi connectivity index (χ0n) is 9.78. The minimum absolute atomic E-state index is 0.405. The van der Waals surface area contributed by atoms with Crippen LogP contribution in [-0.2, 0) is 6.18 Å². The minimum Gasteiger partial charge on any atom is -0.478 e. The van der Waals surface area contributed by atoms with Crippen molar-refractivity contribution in [1.29, 1.82) is 0 Å². The van der Waals surface area contributed by atoms with Crippen LogP contribution < -0.4 is 0 Å². The first-order valence-corrected chi connectivity index (χ1v) is 5.36. The summed E-state index contributed by atoms with van der Waals surface area (Å²) < 4.78 is 51.7. The molecule has 3 nitrogen and oxygen atoms in total. The Bertz CT molecular complexity index is 668. The summed E-state index contributed by atoms with van der Waals surface area (Å²) >= 11 is 0. The highest BCUT2D eigenvalue weighted by Gasteiger charge is 2.34. The average Bonchev–Trinajstić information content (AvgIpc) is 2.37. The second kappa shape index (κ2) is 4.92. The van der Waals surface area contributed by atoms with E-state index in [1.54, 1.807) is 0 Å². The Morgan fingerprint density at radius 1 is 1.20 bits per heavy atom. The van der Waals surface area contributed by atoms with Crippen molar-refractivity contribution in [2.75, 3.05) is 0 Å². The fourth-order valence-corrected chi connectivity index (χ4v) is 1.75. The molecule has 0 aliphatic carbocycles. The van der Waals surface area contributed by atoms with E-state index >= 15 is 0 Å². The number of rotatable bonds is 2. The van der Waals surface area contributed by atoms with Gasteiger partial charge in [0.1, 0.15) is 5.82 Å². The lowest BCUT2D eigenvalue weighted by Gasteiger charge is -2.13. The van der Waals surface area contributed by atoms with E-state index in [1.165, 1.54) is 12.1 Å². The molecule has 1 heterocycles. The van der Waals surface area contributed by atoms with Gasteiger partial charge in [0.15, 0.2) is 0 Å². The number of carboxylic acid groups (broad SMARTS) is 1. The maximum atomic E-state index is 13.0. The van der Waals surface area contributed by atoms with Gasteiger partial charge in [-0.05, 0) is 12.1 Å². The third kappa shape index (κ3) is 2.61. The van der Waals surface area contributed by atoms with Crippen LogP contribution in [0.25, 0.3) is 11.3 Å². The quantitative estimate of drug-likeness (QED) is 0.858. The maximum absolute atomic E-state index is 13.0. The van der Waals surface area contributed by atoms with E-state index in [0.29, 0.717) is 12.3 Å². The van der Waals surface area contributed by atoms with E-state index in [2.05, 4.69) is 4.98 Å². The van der Waals surface area contributed by atoms with E-state index in [9.17, 15) is 22.4 Å². The molecule has 0 aliphatic rings. The number of alkyl halides is 3. The molecule has 0 atom stereocenters. The lowest BCUT2D eigenvalue weighted by Crippen LogP contribution is -2.10. The molecule has 0 radical (unpaired) electrons. The van der Waals surface area contributed by atoms with Crippen LogP contribution in [0.3, 0.4) is 0 Å². The molecule has 0 aliphatic heterocycles. The number of hydrogen-bond acceptors (Lipinski definition) is 2. The van der Waals surface area contributed by atoms with Gasteiger partial charge < -0.3 is 5.11 Å². The molecule has 7 heteroatoms. The van der Waals surface area contributed by atoms with Gasteiger partial charge in [-0.3, -0.25) is 4.98 Å². The number of carboxylic acids is 1. The van der Waals surface area contributed by atoms with Crippen LogP contribution in [0.4, 0.5) is 17.6 Å². The van der Waals surface area contributed by atoms with Crippen LogP contribution in [0.15, 0.2) is 36.5 Å². The van der Waals surface area contributed by atoms with Crippen molar-refractivity contribution in [2.24, 2.45) is 0 Å². The highest BCUT2D eigenvalue weighted by atomic mass is 19.4. The Hall–Kier alpha value is -2.44. The Kier molecular flexibility index (Phi) is 3.44. The highest BCUT2D eigenvalue weighted by Crippen LogP contribution is 2.37. The van der Waals surface area contributed by atoms with E-state index in [0.717, 1.165) is 12.1 Å². The molecule has 0 amide bonds. The lowest BCUT2D eigenvalue weighted by atomic mass is 10.00. The van der Waals surface area contributed by atoms with Gasteiger partial charge in [-0.15, -0.1) is 0 Å². The normalized spacial score (nSPS) is 11.4. The van der Waals surface area contributed by atoms with Gasteiger partial charge in [0.05, 0.1) is 23.0 Å². The van der Waals surface area contributed by atoms with Crippen molar-refractivity contribution >= 4 is 5.97 Å². The summed E-state index contributed by atoms with van der Waals surface area (Å²) in [4.78, 5) is 14.5. The molecule has 1 aromatic carbocycles. The van der Waals surface area contributed by atoms with E-state index in [4.69, 9.17) is 5.11 Å². The third-order valence-corrected chi connectivity index (χ3v) is 2.57. The smallest absolute Gasteiger partial charge is 0.417 e. The summed E-state index contributed by atoms with van der Waals surface area (Å²) in [5, 5.41) is 8.96. The molecule has 0 fully saturated rings. The molecule has 0 saturated carbocycles. The SMILES string of the molecule is O=C(O)c1cc(F)cnc1-c1ccccc1C(F)(F)F. The Labute approximate surface area is 110 Å². The zero-order chi connectivity index (χ0) is 14.9. The van der Waals surface area contributed by atoms with Crippen LogP contribution in [0.5, 0.6) is 0 Å². The lowest BCUT2D eigenvalue weighted by molar-refractivity contribution is -0.137. The number of nitrogens with zero attached hydrogens (tertiary/aromatic N) is 1. The first-order chi connectivity index (χ1) is 9.30. The minimum atomic E-state index is -4.66. The predicted octanol–water partition coefficient (Wildman–Crippen LogP) is 3.60. The number of halogens is 4. The number of carbonyl (C=O) groups is 1. The number of pyridine rings is 1. The van der Waals surface area contributed by atoms with Gasteiger partial charge in [-0.2, -0.15) is 13.2 Å². The zero-order valence-corrected chi connectivity index (χ0v) is 9.78. The van der Waals surface area contributed by atoms with Crippen molar-refractivity contribution in [3.8, 4) is 11.3 Å². The monoisotopic (exact) mass is 285 g/mol. The van der Waals surface area contributed by atoms with E-state index in [1.807, 2.05) is 0 Å². The fraction of sp³-hybridized carbons (Fsp3) is 0.0769. The molecule has 0 unspecified atom stereocenters. The molecule has 2 aromatic rings. The second-order valence-corrected chi connectivity index (χ2v) is 3.90. The first-order valence-electron chi connectivity index (χ1n) is 5.36. The first kappa shape index (κ1) is 14.0. The van der Waals surface area contributed by atoms with Crippen molar-refractivity contribution in [3.05, 3.63) is 53.5 Å². The summed E-state index contributed by atoms with van der Waals surface area (Å²) in [7, 11) is 0. The molecule has 1 N–H and O–H groups in total. The standard InChI is InChI=1S/C13H7F4NO2/c14-7-5-9(12(19)20)11(18-6-7)8-3-1-2-4-10(8)13(15,16)17/h1-6H,(H,19,20). The summed E-state index contributed by atoms with van der Waals surface area (Å²) in [6.07, 6.45) is -3.99. The van der Waals surface area contributed by atoms with Crippen LogP contribution >= 0.6 is 0 Å². The Balaban J connectivity index is 2.73.